The number of piperidine rings is 1. The van der Waals surface area contributed by atoms with Crippen LogP contribution >= 0.6 is 0 Å². The Morgan fingerprint density at radius 2 is 2.00 bits per heavy atom. The van der Waals surface area contributed by atoms with Crippen molar-refractivity contribution in [3.8, 4) is 11.4 Å². The van der Waals surface area contributed by atoms with Crippen LogP contribution in [0.1, 0.15) is 34.5 Å². The molecule has 1 saturated heterocycles. The van der Waals surface area contributed by atoms with E-state index < -0.39 is 0 Å². The maximum atomic E-state index is 13.2. The monoisotopic (exact) mass is 428 g/mol. The SMILES string of the molecule is C=Cc1cc(C(=O)N2CCC3(CC2)Nc2cc(OC)ccc2-n2cccc23)ccc1NC. The van der Waals surface area contributed by atoms with Gasteiger partial charge in [-0.25, -0.2) is 0 Å². The first-order chi connectivity index (χ1) is 15.6. The molecule has 0 atom stereocenters. The maximum absolute atomic E-state index is 13.2. The van der Waals surface area contributed by atoms with Crippen molar-refractivity contribution in [3.63, 3.8) is 0 Å². The van der Waals surface area contributed by atoms with Gasteiger partial charge in [0.2, 0.25) is 0 Å². The number of aromatic nitrogens is 1. The third-order valence-electron chi connectivity index (χ3n) is 6.77. The van der Waals surface area contributed by atoms with Crippen LogP contribution < -0.4 is 15.4 Å². The average molecular weight is 429 g/mol. The standard InChI is InChI=1S/C26H28N4O2/c1-4-18-16-19(7-9-21(18)27-2)25(31)29-14-11-26(12-15-29)24-6-5-13-30(24)23-10-8-20(32-3)17-22(23)28-26/h4-10,13,16-17,27-28H,1,11-12,14-15H2,2-3H3. The van der Waals surface area contributed by atoms with Crippen molar-refractivity contribution in [2.45, 2.75) is 18.4 Å². The highest BCUT2D eigenvalue weighted by molar-refractivity contribution is 5.95. The molecule has 0 aliphatic carbocycles. The Bertz CT molecular complexity index is 1190. The van der Waals surface area contributed by atoms with E-state index in [2.05, 4.69) is 52.2 Å². The number of benzene rings is 2. The van der Waals surface area contributed by atoms with E-state index in [9.17, 15) is 4.79 Å². The van der Waals surface area contributed by atoms with Gasteiger partial charge < -0.3 is 24.8 Å². The van der Waals surface area contributed by atoms with Crippen LogP contribution in [-0.2, 0) is 5.54 Å². The van der Waals surface area contributed by atoms with Crippen molar-refractivity contribution < 1.29 is 9.53 Å². The Morgan fingerprint density at radius 1 is 1.19 bits per heavy atom. The first kappa shape index (κ1) is 20.2. The molecule has 1 aromatic heterocycles. The first-order valence-electron chi connectivity index (χ1n) is 11.0. The van der Waals surface area contributed by atoms with E-state index in [1.807, 2.05) is 36.2 Å². The Morgan fingerprint density at radius 3 is 2.72 bits per heavy atom. The third kappa shape index (κ3) is 3.14. The number of anilines is 2. The minimum absolute atomic E-state index is 0.0684. The van der Waals surface area contributed by atoms with Crippen LogP contribution in [0.4, 0.5) is 11.4 Å². The number of hydrogen-bond acceptors (Lipinski definition) is 4. The average Bonchev–Trinajstić information content (AvgIpc) is 3.35. The number of carbonyl (C=O) groups is 1. The van der Waals surface area contributed by atoms with E-state index in [1.54, 1.807) is 13.2 Å². The summed E-state index contributed by atoms with van der Waals surface area (Å²) in [6.07, 6.45) is 5.56. The highest BCUT2D eigenvalue weighted by Gasteiger charge is 2.42. The number of amides is 1. The highest BCUT2D eigenvalue weighted by Crippen LogP contribution is 2.44. The fraction of sp³-hybridized carbons (Fsp3) is 0.269. The number of ether oxygens (including phenoxy) is 1. The van der Waals surface area contributed by atoms with Gasteiger partial charge in [-0.05, 0) is 60.9 Å². The van der Waals surface area contributed by atoms with E-state index in [-0.39, 0.29) is 11.4 Å². The van der Waals surface area contributed by atoms with Gasteiger partial charge in [0, 0.05) is 49.3 Å². The van der Waals surface area contributed by atoms with Crippen LogP contribution in [0.25, 0.3) is 11.8 Å². The van der Waals surface area contributed by atoms with Crippen molar-refractivity contribution in [2.75, 3.05) is 37.9 Å². The third-order valence-corrected chi connectivity index (χ3v) is 6.77. The number of likely N-dealkylation sites (tertiary alicyclic amines) is 1. The number of nitrogens with one attached hydrogen (secondary N) is 2. The Labute approximate surface area is 188 Å². The molecule has 164 valence electrons. The topological polar surface area (TPSA) is 58.5 Å². The number of carbonyl (C=O) groups excluding carboxylic acids is 1. The zero-order valence-electron chi connectivity index (χ0n) is 18.5. The quantitative estimate of drug-likeness (QED) is 0.631. The molecule has 2 aliphatic rings. The van der Waals surface area contributed by atoms with Crippen LogP contribution in [-0.4, -0.2) is 42.6 Å². The fourth-order valence-corrected chi connectivity index (χ4v) is 5.00. The molecule has 3 heterocycles. The minimum atomic E-state index is -0.206. The van der Waals surface area contributed by atoms with E-state index in [0.29, 0.717) is 18.7 Å². The minimum Gasteiger partial charge on any atom is -0.497 e. The van der Waals surface area contributed by atoms with Crippen molar-refractivity contribution >= 4 is 23.4 Å². The van der Waals surface area contributed by atoms with Gasteiger partial charge in [0.15, 0.2) is 0 Å². The van der Waals surface area contributed by atoms with Crippen LogP contribution in [0.5, 0.6) is 5.75 Å². The maximum Gasteiger partial charge on any atom is 0.253 e. The molecule has 5 rings (SSSR count). The molecular formula is C26H28N4O2. The lowest BCUT2D eigenvalue weighted by Gasteiger charge is -2.46. The second-order valence-corrected chi connectivity index (χ2v) is 8.40. The molecule has 2 aromatic carbocycles. The first-order valence-corrected chi connectivity index (χ1v) is 11.0. The molecule has 0 saturated carbocycles. The van der Waals surface area contributed by atoms with Gasteiger partial charge in [-0.1, -0.05) is 12.7 Å². The molecule has 0 bridgehead atoms. The Kier molecular flexibility index (Phi) is 4.93. The van der Waals surface area contributed by atoms with E-state index in [1.165, 1.54) is 5.69 Å². The van der Waals surface area contributed by atoms with E-state index in [4.69, 9.17) is 4.74 Å². The molecule has 0 unspecified atom stereocenters. The fourth-order valence-electron chi connectivity index (χ4n) is 5.00. The summed E-state index contributed by atoms with van der Waals surface area (Å²) in [5.74, 6) is 0.900. The Balaban J connectivity index is 1.39. The summed E-state index contributed by atoms with van der Waals surface area (Å²) < 4.78 is 7.70. The second-order valence-electron chi connectivity index (χ2n) is 8.40. The summed E-state index contributed by atoms with van der Waals surface area (Å²) in [6, 6.07) is 16.1. The molecule has 6 nitrogen and oxygen atoms in total. The Hall–Kier alpha value is -3.67. The summed E-state index contributed by atoms with van der Waals surface area (Å²) in [6.45, 7) is 5.25. The number of nitrogens with zero attached hydrogens (tertiary/aromatic N) is 2. The molecular weight excluding hydrogens is 400 g/mol. The molecule has 1 fully saturated rings. The lowest BCUT2D eigenvalue weighted by Crippen LogP contribution is -2.51. The highest BCUT2D eigenvalue weighted by atomic mass is 16.5. The van der Waals surface area contributed by atoms with Crippen LogP contribution in [0.2, 0.25) is 0 Å². The molecule has 3 aromatic rings. The predicted molar refractivity (Wildman–Crippen MR) is 129 cm³/mol. The molecule has 2 N–H and O–H groups in total. The number of rotatable bonds is 4. The number of hydrogen-bond donors (Lipinski definition) is 2. The van der Waals surface area contributed by atoms with E-state index in [0.717, 1.165) is 41.2 Å². The summed E-state index contributed by atoms with van der Waals surface area (Å²) in [5.41, 5.74) is 5.82. The summed E-state index contributed by atoms with van der Waals surface area (Å²) in [5, 5.41) is 6.94. The van der Waals surface area contributed by atoms with Crippen molar-refractivity contribution in [1.82, 2.24) is 9.47 Å². The zero-order chi connectivity index (χ0) is 22.3. The molecule has 2 aliphatic heterocycles. The van der Waals surface area contributed by atoms with Crippen LogP contribution in [0.15, 0.2) is 61.3 Å². The second kappa shape index (κ2) is 7.79. The van der Waals surface area contributed by atoms with E-state index >= 15 is 0 Å². The van der Waals surface area contributed by atoms with Gasteiger partial charge >= 0.3 is 0 Å². The van der Waals surface area contributed by atoms with Gasteiger partial charge in [0.25, 0.3) is 5.91 Å². The van der Waals surface area contributed by atoms with Crippen LogP contribution in [0, 0.1) is 0 Å². The largest absolute Gasteiger partial charge is 0.497 e. The van der Waals surface area contributed by atoms with Crippen molar-refractivity contribution in [2.24, 2.45) is 0 Å². The lowest BCUT2D eigenvalue weighted by atomic mass is 9.82. The predicted octanol–water partition coefficient (Wildman–Crippen LogP) is 4.73. The number of methoxy groups -OCH3 is 1. The number of fused-ring (bicyclic) bond motifs is 4. The summed E-state index contributed by atoms with van der Waals surface area (Å²) >= 11 is 0. The van der Waals surface area contributed by atoms with Gasteiger partial charge in [-0.2, -0.15) is 0 Å². The molecule has 0 radical (unpaired) electrons. The smallest absolute Gasteiger partial charge is 0.253 e. The van der Waals surface area contributed by atoms with Gasteiger partial charge in [-0.15, -0.1) is 0 Å². The van der Waals surface area contributed by atoms with Crippen molar-refractivity contribution in [3.05, 3.63) is 78.1 Å². The van der Waals surface area contributed by atoms with Crippen LogP contribution in [0.3, 0.4) is 0 Å². The molecule has 1 spiro atoms. The zero-order valence-corrected chi connectivity index (χ0v) is 18.5. The lowest BCUT2D eigenvalue weighted by molar-refractivity contribution is 0.0676. The molecule has 6 heteroatoms. The van der Waals surface area contributed by atoms with Gasteiger partial charge in [0.1, 0.15) is 5.75 Å². The van der Waals surface area contributed by atoms with Crippen molar-refractivity contribution in [1.29, 1.82) is 0 Å². The molecule has 1 amide bonds. The summed E-state index contributed by atoms with van der Waals surface area (Å²) in [4.78, 5) is 15.2. The summed E-state index contributed by atoms with van der Waals surface area (Å²) in [7, 11) is 3.56. The van der Waals surface area contributed by atoms with Gasteiger partial charge in [0.05, 0.1) is 24.0 Å². The molecule has 32 heavy (non-hydrogen) atoms. The normalized spacial score (nSPS) is 16.0. The van der Waals surface area contributed by atoms with Gasteiger partial charge in [-0.3, -0.25) is 4.79 Å².